The predicted octanol–water partition coefficient (Wildman–Crippen LogP) is 7.13. The molecule has 56 heavy (non-hydrogen) atoms. The van der Waals surface area contributed by atoms with Crippen LogP contribution in [0.1, 0.15) is 74.5 Å². The molecule has 0 bridgehead atoms. The lowest BCUT2D eigenvalue weighted by Crippen LogP contribution is -2.42. The van der Waals surface area contributed by atoms with Gasteiger partial charge in [0, 0.05) is 51.5 Å². The minimum atomic E-state index is -4.69. The number of aromatic carboxylic acids is 1. The molecule has 16 heteroatoms. The number of carbonyl (C=O) groups excluding carboxylic acids is 3. The van der Waals surface area contributed by atoms with Gasteiger partial charge in [0.1, 0.15) is 0 Å². The fraction of sp³-hybridized carbons (Fsp3) is 0.225. The molecular formula is C40H39F3N8O5. The summed E-state index contributed by atoms with van der Waals surface area (Å²) in [6.07, 6.45) is -1.20. The van der Waals surface area contributed by atoms with Crippen molar-refractivity contribution < 1.29 is 37.5 Å². The first-order valence-corrected chi connectivity index (χ1v) is 17.6. The summed E-state index contributed by atoms with van der Waals surface area (Å²) in [6.45, 7) is 9.55. The first-order valence-electron chi connectivity index (χ1n) is 17.6. The Kier molecular flexibility index (Phi) is 10.6. The van der Waals surface area contributed by atoms with Gasteiger partial charge in [0.25, 0.3) is 17.7 Å². The SMILES string of the molecule is CCN(CC)C(C(N)=O)n1c(C)c(C(=O)O)c(C)c1C=C1C(=O)Nc2cc(Nc3cccc(NC(=O)c4cc(-n5cnc(C)c5)cc(C(F)(F)F)c4)c3)ccc21. The maximum Gasteiger partial charge on any atom is 0.416 e. The summed E-state index contributed by atoms with van der Waals surface area (Å²) in [6, 6.07) is 14.8. The first-order chi connectivity index (χ1) is 26.5. The summed E-state index contributed by atoms with van der Waals surface area (Å²) in [5, 5.41) is 18.8. The monoisotopic (exact) mass is 768 g/mol. The van der Waals surface area contributed by atoms with Crippen LogP contribution in [-0.4, -0.2) is 60.9 Å². The molecule has 3 amide bonds. The number of hydrogen-bond donors (Lipinski definition) is 5. The highest BCUT2D eigenvalue weighted by molar-refractivity contribution is 6.35. The van der Waals surface area contributed by atoms with Crippen LogP contribution in [0.4, 0.5) is 35.9 Å². The van der Waals surface area contributed by atoms with E-state index in [1.54, 1.807) is 85.0 Å². The molecule has 1 unspecified atom stereocenters. The van der Waals surface area contributed by atoms with E-state index in [-0.39, 0.29) is 22.4 Å². The Bertz CT molecular complexity index is 2430. The molecule has 1 atom stereocenters. The quantitative estimate of drug-likeness (QED) is 0.0833. The zero-order valence-electron chi connectivity index (χ0n) is 31.1. The molecule has 3 aromatic carbocycles. The van der Waals surface area contributed by atoms with Gasteiger partial charge in [-0.1, -0.05) is 26.0 Å². The van der Waals surface area contributed by atoms with Crippen LogP contribution in [0.15, 0.2) is 73.2 Å². The number of aromatic nitrogens is 3. The molecule has 1 aliphatic heterocycles. The number of anilines is 4. The number of likely N-dealkylation sites (N-methyl/N-ethyl adjacent to an activating group) is 1. The van der Waals surface area contributed by atoms with Crippen molar-refractivity contribution in [1.29, 1.82) is 0 Å². The number of amides is 3. The van der Waals surface area contributed by atoms with Crippen LogP contribution in [0.3, 0.4) is 0 Å². The maximum atomic E-state index is 13.8. The molecular weight excluding hydrogens is 729 g/mol. The number of halogens is 3. The Morgan fingerprint density at radius 2 is 1.70 bits per heavy atom. The minimum Gasteiger partial charge on any atom is -0.478 e. The summed E-state index contributed by atoms with van der Waals surface area (Å²) in [5.74, 6) is -3.05. The van der Waals surface area contributed by atoms with Gasteiger partial charge in [0.15, 0.2) is 6.17 Å². The number of carboxylic acids is 1. The number of carbonyl (C=O) groups is 4. The van der Waals surface area contributed by atoms with E-state index < -0.39 is 41.6 Å². The van der Waals surface area contributed by atoms with Crippen LogP contribution in [0.2, 0.25) is 0 Å². The third-order valence-corrected chi connectivity index (χ3v) is 9.62. The third kappa shape index (κ3) is 7.63. The molecule has 2 aromatic heterocycles. The van der Waals surface area contributed by atoms with Crippen molar-refractivity contribution in [1.82, 2.24) is 19.0 Å². The highest BCUT2D eigenvalue weighted by atomic mass is 19.4. The number of nitrogens with one attached hydrogen (secondary N) is 3. The molecule has 0 aliphatic carbocycles. The van der Waals surface area contributed by atoms with Gasteiger partial charge in [-0.15, -0.1) is 0 Å². The predicted molar refractivity (Wildman–Crippen MR) is 206 cm³/mol. The summed E-state index contributed by atoms with van der Waals surface area (Å²) in [7, 11) is 0. The van der Waals surface area contributed by atoms with Crippen molar-refractivity contribution >= 4 is 58.1 Å². The molecule has 6 N–H and O–H groups in total. The summed E-state index contributed by atoms with van der Waals surface area (Å²) in [5.41, 5.74) is 9.11. The number of primary amides is 1. The van der Waals surface area contributed by atoms with E-state index in [2.05, 4.69) is 20.9 Å². The van der Waals surface area contributed by atoms with E-state index >= 15 is 0 Å². The second-order valence-corrected chi connectivity index (χ2v) is 13.3. The standard InChI is InChI=1S/C40H39F3N8O5/c1-6-49(7-2)38(35(44)52)51-23(5)34(39(55)56)22(4)33(51)18-31-30-12-11-28(17-32(30)48-37(31)54)46-26-9-8-10-27(16-26)47-36(53)24-13-25(40(41,42)43)15-29(14-24)50-19-21(3)45-20-50/h8-20,38,46H,6-7H2,1-5H3,(H2,44,52)(H,47,53)(H,48,54)(H,55,56). The van der Waals surface area contributed by atoms with Crippen molar-refractivity contribution in [2.45, 2.75) is 47.0 Å². The Labute approximate surface area is 319 Å². The van der Waals surface area contributed by atoms with E-state index in [1.807, 2.05) is 13.8 Å². The Balaban J connectivity index is 1.27. The molecule has 1 aliphatic rings. The fourth-order valence-corrected chi connectivity index (χ4v) is 6.94. The number of imidazole rings is 1. The van der Waals surface area contributed by atoms with Crippen LogP contribution in [0, 0.1) is 20.8 Å². The molecule has 3 heterocycles. The smallest absolute Gasteiger partial charge is 0.416 e. The lowest BCUT2D eigenvalue weighted by Gasteiger charge is -2.30. The average molecular weight is 769 g/mol. The van der Waals surface area contributed by atoms with Gasteiger partial charge in [-0.05, 0) is 94.0 Å². The van der Waals surface area contributed by atoms with Gasteiger partial charge >= 0.3 is 12.1 Å². The number of benzene rings is 3. The van der Waals surface area contributed by atoms with Crippen LogP contribution >= 0.6 is 0 Å². The van der Waals surface area contributed by atoms with E-state index in [0.717, 1.165) is 12.1 Å². The Morgan fingerprint density at radius 3 is 2.32 bits per heavy atom. The number of nitrogens with zero attached hydrogens (tertiary/aromatic N) is 4. The summed E-state index contributed by atoms with van der Waals surface area (Å²) in [4.78, 5) is 57.7. The highest BCUT2D eigenvalue weighted by Gasteiger charge is 2.34. The lowest BCUT2D eigenvalue weighted by atomic mass is 10.0. The molecule has 290 valence electrons. The number of rotatable bonds is 12. The number of hydrogen-bond acceptors (Lipinski definition) is 7. The number of aryl methyl sites for hydroxylation is 1. The summed E-state index contributed by atoms with van der Waals surface area (Å²) >= 11 is 0. The normalized spacial score (nSPS) is 13.8. The van der Waals surface area contributed by atoms with Crippen LogP contribution in [0.5, 0.6) is 0 Å². The third-order valence-electron chi connectivity index (χ3n) is 9.62. The van der Waals surface area contributed by atoms with Crippen LogP contribution in [-0.2, 0) is 15.8 Å². The number of nitrogens with two attached hydrogens (primary N) is 1. The van der Waals surface area contributed by atoms with Gasteiger partial charge in [0.2, 0.25) is 0 Å². The molecule has 0 radical (unpaired) electrons. The van der Waals surface area contributed by atoms with E-state index in [9.17, 15) is 37.5 Å². The number of fused-ring (bicyclic) bond motifs is 1. The van der Waals surface area contributed by atoms with E-state index in [1.165, 1.54) is 17.0 Å². The summed E-state index contributed by atoms with van der Waals surface area (Å²) < 4.78 is 44.4. The molecule has 0 saturated carbocycles. The van der Waals surface area contributed by atoms with Crippen LogP contribution in [0.25, 0.3) is 17.3 Å². The van der Waals surface area contributed by atoms with Gasteiger partial charge in [-0.3, -0.25) is 19.3 Å². The van der Waals surface area contributed by atoms with Gasteiger partial charge < -0.3 is 35.9 Å². The van der Waals surface area contributed by atoms with Crippen molar-refractivity contribution in [3.8, 4) is 5.69 Å². The second kappa shape index (κ2) is 15.2. The van der Waals surface area contributed by atoms with Gasteiger partial charge in [-0.25, -0.2) is 9.78 Å². The van der Waals surface area contributed by atoms with E-state index in [0.29, 0.717) is 64.0 Å². The average Bonchev–Trinajstić information content (AvgIpc) is 3.78. The van der Waals surface area contributed by atoms with Crippen LogP contribution < -0.4 is 21.7 Å². The first kappa shape index (κ1) is 39.0. The molecule has 0 fully saturated rings. The highest BCUT2D eigenvalue weighted by Crippen LogP contribution is 2.38. The zero-order valence-corrected chi connectivity index (χ0v) is 31.1. The largest absolute Gasteiger partial charge is 0.478 e. The van der Waals surface area contributed by atoms with Crippen molar-refractivity contribution in [2.24, 2.45) is 5.73 Å². The molecule has 0 spiro atoms. The zero-order chi connectivity index (χ0) is 40.6. The maximum absolute atomic E-state index is 13.8. The van der Waals surface area contributed by atoms with E-state index in [4.69, 9.17) is 5.73 Å². The Morgan fingerprint density at radius 1 is 1.00 bits per heavy atom. The van der Waals surface area contributed by atoms with Crippen molar-refractivity contribution in [2.75, 3.05) is 29.0 Å². The topological polar surface area (TPSA) is 177 Å². The number of carboxylic acid groups (broad SMARTS) is 1. The number of alkyl halides is 3. The minimum absolute atomic E-state index is 0.0102. The molecule has 5 aromatic rings. The van der Waals surface area contributed by atoms with Gasteiger partial charge in [-0.2, -0.15) is 13.2 Å². The molecule has 0 saturated heterocycles. The Hall–Kier alpha value is -6.68. The fourth-order valence-electron chi connectivity index (χ4n) is 6.94. The molecule has 13 nitrogen and oxygen atoms in total. The van der Waals surface area contributed by atoms with Gasteiger partial charge in [0.05, 0.1) is 34.4 Å². The molecule has 6 rings (SSSR count). The van der Waals surface area contributed by atoms with Crippen molar-refractivity contribution in [3.05, 3.63) is 118 Å². The lowest BCUT2D eigenvalue weighted by molar-refractivity contribution is -0.137. The van der Waals surface area contributed by atoms with Crippen molar-refractivity contribution in [3.63, 3.8) is 0 Å². The second-order valence-electron chi connectivity index (χ2n) is 13.3.